The molecular weight excluding hydrogens is 364 g/mol. The zero-order valence-electron chi connectivity index (χ0n) is 15.8. The van der Waals surface area contributed by atoms with Gasteiger partial charge in [0, 0.05) is 29.5 Å². The first-order chi connectivity index (χ1) is 11.4. The van der Waals surface area contributed by atoms with E-state index in [0.29, 0.717) is 5.56 Å². The molecule has 9 heteroatoms. The van der Waals surface area contributed by atoms with E-state index in [0.717, 1.165) is 0 Å². The lowest BCUT2D eigenvalue weighted by Crippen LogP contribution is -2.42. The summed E-state index contributed by atoms with van der Waals surface area (Å²) in [6.07, 6.45) is 0. The molecule has 2 N–H and O–H groups in total. The summed E-state index contributed by atoms with van der Waals surface area (Å²) in [6.45, 7) is 11.2. The molecule has 0 aliphatic heterocycles. The molecule has 0 saturated carbocycles. The summed E-state index contributed by atoms with van der Waals surface area (Å²) in [5.41, 5.74) is -0.0142. The number of nitrogens with zero attached hydrogens (tertiary/aromatic N) is 2. The Hall–Kier alpha value is -0.930. The molecule has 1 rings (SSSR count). The minimum absolute atomic E-state index is 0.161. The molecule has 25 heavy (non-hydrogen) atoms. The van der Waals surface area contributed by atoms with E-state index in [1.165, 1.54) is 0 Å². The number of halogens is 1. The number of anilines is 1. The first kappa shape index (κ1) is 22.1. The highest BCUT2D eigenvalue weighted by atomic mass is 35.5. The van der Waals surface area contributed by atoms with E-state index < -0.39 is 27.6 Å². The normalized spacial score (nSPS) is 14.9. The molecule has 0 aromatic carbocycles. The maximum absolute atomic E-state index is 12.4. The molecule has 142 valence electrons. The molecule has 0 radical (unpaired) electrons. The van der Waals surface area contributed by atoms with Crippen molar-refractivity contribution < 1.29 is 14.1 Å². The lowest BCUT2D eigenvalue weighted by atomic mass is 9.96. The second-order valence-corrected chi connectivity index (χ2v) is 10.0. The van der Waals surface area contributed by atoms with Crippen molar-refractivity contribution in [1.82, 2.24) is 14.9 Å². The lowest BCUT2D eigenvalue weighted by Gasteiger charge is -2.28. The third-order valence-corrected chi connectivity index (χ3v) is 5.12. The Labute approximate surface area is 157 Å². The van der Waals surface area contributed by atoms with Gasteiger partial charge in [0.15, 0.2) is 11.0 Å². The van der Waals surface area contributed by atoms with Crippen LogP contribution in [0.5, 0.6) is 0 Å². The second-order valence-electron chi connectivity index (χ2n) is 7.69. The fourth-order valence-electron chi connectivity index (χ4n) is 1.66. The first-order valence-electron chi connectivity index (χ1n) is 7.88. The zero-order valence-corrected chi connectivity index (χ0v) is 17.3. The number of methoxy groups -OCH3 is 1. The molecule has 1 heterocycles. The number of ether oxygens (including phenoxy) is 1. The molecule has 0 saturated heterocycles. The van der Waals surface area contributed by atoms with E-state index in [9.17, 15) is 9.35 Å². The van der Waals surface area contributed by atoms with E-state index >= 15 is 0 Å². The molecule has 1 amide bonds. The van der Waals surface area contributed by atoms with Crippen LogP contribution in [0.1, 0.15) is 53.1 Å². The van der Waals surface area contributed by atoms with E-state index in [-0.39, 0.29) is 23.5 Å². The Morgan fingerprint density at radius 3 is 2.40 bits per heavy atom. The van der Waals surface area contributed by atoms with Gasteiger partial charge in [0.2, 0.25) is 5.91 Å². The molecule has 2 atom stereocenters. The van der Waals surface area contributed by atoms with Gasteiger partial charge in [-0.25, -0.2) is 0 Å². The molecule has 0 aliphatic carbocycles. The highest BCUT2D eigenvalue weighted by Crippen LogP contribution is 2.26. The number of rotatable bonds is 6. The maximum atomic E-state index is 12.4. The average molecular weight is 391 g/mol. The Kier molecular flexibility index (Phi) is 7.64. The summed E-state index contributed by atoms with van der Waals surface area (Å²) in [6, 6.07) is 1.16. The number of carbonyl (C=O) groups excluding carboxylic acids is 1. The topological polar surface area (TPSA) is 99.2 Å². The number of aromatic nitrogens is 2. The minimum atomic E-state index is -1.33. The maximum Gasteiger partial charge on any atom is 0.230 e. The highest BCUT2D eigenvalue weighted by Gasteiger charge is 2.31. The largest absolute Gasteiger partial charge is 0.598 e. The van der Waals surface area contributed by atoms with Crippen LogP contribution < -0.4 is 10.0 Å². The average Bonchev–Trinajstić information content (AvgIpc) is 2.46. The first-order valence-corrected chi connectivity index (χ1v) is 9.40. The van der Waals surface area contributed by atoms with Crippen molar-refractivity contribution in [3.05, 3.63) is 16.8 Å². The number of hydrogen-bond acceptors (Lipinski definition) is 6. The summed E-state index contributed by atoms with van der Waals surface area (Å²) in [7, 11) is 1.54. The van der Waals surface area contributed by atoms with Crippen LogP contribution in [-0.4, -0.2) is 39.1 Å². The molecule has 7 nitrogen and oxygen atoms in total. The third kappa shape index (κ3) is 6.71. The quantitative estimate of drug-likeness (QED) is 0.724. The van der Waals surface area contributed by atoms with Crippen LogP contribution in [0.2, 0.25) is 5.15 Å². The van der Waals surface area contributed by atoms with E-state index in [4.69, 9.17) is 16.3 Å². The predicted octanol–water partition coefficient (Wildman–Crippen LogP) is 2.85. The predicted molar refractivity (Wildman–Crippen MR) is 101 cm³/mol. The van der Waals surface area contributed by atoms with Gasteiger partial charge >= 0.3 is 0 Å². The van der Waals surface area contributed by atoms with E-state index in [1.807, 2.05) is 20.8 Å². The van der Waals surface area contributed by atoms with Crippen molar-refractivity contribution in [2.45, 2.75) is 52.3 Å². The van der Waals surface area contributed by atoms with Crippen molar-refractivity contribution in [2.24, 2.45) is 5.41 Å². The summed E-state index contributed by atoms with van der Waals surface area (Å²) < 4.78 is 20.2. The molecule has 0 fully saturated rings. The number of hydrogen-bond donors (Lipinski definition) is 2. The van der Waals surface area contributed by atoms with E-state index in [1.54, 1.807) is 33.9 Å². The van der Waals surface area contributed by atoms with Gasteiger partial charge in [-0.15, -0.1) is 14.9 Å². The van der Waals surface area contributed by atoms with Crippen LogP contribution >= 0.6 is 11.6 Å². The molecule has 1 unspecified atom stereocenters. The van der Waals surface area contributed by atoms with Crippen LogP contribution in [0.3, 0.4) is 0 Å². The third-order valence-electron chi connectivity index (χ3n) is 3.21. The number of amides is 1. The molecular formula is C16H27ClN4O3S. The smallest absolute Gasteiger partial charge is 0.230 e. The van der Waals surface area contributed by atoms with Gasteiger partial charge in [-0.3, -0.25) is 4.79 Å². The van der Waals surface area contributed by atoms with Gasteiger partial charge in [0.05, 0.1) is 6.61 Å². The molecule has 1 aromatic heterocycles. The fraction of sp³-hybridized carbons (Fsp3) is 0.688. The van der Waals surface area contributed by atoms with Crippen molar-refractivity contribution >= 4 is 34.7 Å². The zero-order chi connectivity index (χ0) is 19.4. The summed E-state index contributed by atoms with van der Waals surface area (Å²) in [5.74, 6) is 0.0911. The van der Waals surface area contributed by atoms with Gasteiger partial charge in [-0.2, -0.15) is 0 Å². The van der Waals surface area contributed by atoms with Gasteiger partial charge in [0.1, 0.15) is 10.8 Å². The molecule has 1 aromatic rings. The summed E-state index contributed by atoms with van der Waals surface area (Å²) >= 11 is 4.84. The standard InChI is InChI=1S/C16H27ClN4O3S/c1-15(2,3)14(22)18-12-8-10(13(17)20-19-12)11(9-24-7)21-25(23)16(4,5)6/h8,11,21H,9H2,1-7H3,(H,18,19,22)/t11?,25-/m1/s1. The van der Waals surface area contributed by atoms with Crippen LogP contribution in [0, 0.1) is 5.41 Å². The van der Waals surface area contributed by atoms with Gasteiger partial charge in [-0.05, 0) is 26.8 Å². The Balaban J connectivity index is 3.10. The number of nitrogens with one attached hydrogen (secondary N) is 2. The van der Waals surface area contributed by atoms with E-state index in [2.05, 4.69) is 20.2 Å². The monoisotopic (exact) mass is 390 g/mol. The van der Waals surface area contributed by atoms with Crippen molar-refractivity contribution in [3.63, 3.8) is 0 Å². The molecule has 0 aliphatic rings. The highest BCUT2D eigenvalue weighted by molar-refractivity contribution is 7.90. The lowest BCUT2D eigenvalue weighted by molar-refractivity contribution is -0.123. The Morgan fingerprint density at radius 1 is 1.32 bits per heavy atom. The van der Waals surface area contributed by atoms with Crippen LogP contribution in [-0.2, 0) is 20.9 Å². The van der Waals surface area contributed by atoms with Gasteiger partial charge in [0.25, 0.3) is 0 Å². The van der Waals surface area contributed by atoms with Gasteiger partial charge < -0.3 is 14.6 Å². The number of carbonyl (C=O) groups is 1. The Morgan fingerprint density at radius 2 is 1.92 bits per heavy atom. The SMILES string of the molecule is COCC(N[S@+]([O-])C(C)(C)C)c1cc(NC(=O)C(C)(C)C)nnc1Cl. The van der Waals surface area contributed by atoms with Crippen molar-refractivity contribution in [2.75, 3.05) is 19.0 Å². The van der Waals surface area contributed by atoms with Crippen LogP contribution in [0.4, 0.5) is 5.82 Å². The van der Waals surface area contributed by atoms with Crippen molar-refractivity contribution in [1.29, 1.82) is 0 Å². The molecule has 0 bridgehead atoms. The summed E-state index contributed by atoms with van der Waals surface area (Å²) in [5, 5.41) is 10.7. The molecule has 0 spiro atoms. The fourth-order valence-corrected chi connectivity index (χ4v) is 2.69. The van der Waals surface area contributed by atoms with Crippen molar-refractivity contribution in [3.8, 4) is 0 Å². The minimum Gasteiger partial charge on any atom is -0.598 e. The second kappa shape index (κ2) is 8.64. The van der Waals surface area contributed by atoms with Gasteiger partial charge in [-0.1, -0.05) is 32.4 Å². The Bertz CT molecular complexity index is 602. The summed E-state index contributed by atoms with van der Waals surface area (Å²) in [4.78, 5) is 12.1. The van der Waals surface area contributed by atoms with Crippen LogP contribution in [0.15, 0.2) is 6.07 Å². The van der Waals surface area contributed by atoms with Crippen LogP contribution in [0.25, 0.3) is 0 Å².